The second kappa shape index (κ2) is 5.14. The molecule has 0 radical (unpaired) electrons. The smallest absolute Gasteiger partial charge is 0.252 e. The van der Waals surface area contributed by atoms with Crippen LogP contribution < -0.4 is 11.1 Å². The van der Waals surface area contributed by atoms with Crippen molar-refractivity contribution in [1.29, 1.82) is 0 Å². The Balaban J connectivity index is 2.69. The maximum atomic E-state index is 11.5. The van der Waals surface area contributed by atoms with E-state index in [1.54, 1.807) is 24.3 Å². The number of halogens is 2. The van der Waals surface area contributed by atoms with Gasteiger partial charge in [0.2, 0.25) is 0 Å². The van der Waals surface area contributed by atoms with Crippen LogP contribution in [-0.2, 0) is 4.79 Å². The van der Waals surface area contributed by atoms with Crippen LogP contribution >= 0.6 is 27.5 Å². The number of rotatable bonds is 3. The number of nitrogens with one attached hydrogen (secondary N) is 1. The molecule has 0 spiro atoms. The molecule has 0 aliphatic carbocycles. The zero-order valence-corrected chi connectivity index (χ0v) is 9.88. The number of primary amides is 1. The second-order valence-corrected chi connectivity index (χ2v) is 4.10. The van der Waals surface area contributed by atoms with E-state index in [0.29, 0.717) is 10.6 Å². The molecule has 80 valence electrons. The first-order valence-corrected chi connectivity index (χ1v) is 5.30. The highest BCUT2D eigenvalue weighted by atomic mass is 79.9. The van der Waals surface area contributed by atoms with E-state index in [9.17, 15) is 9.59 Å². The zero-order chi connectivity index (χ0) is 11.4. The Bertz CT molecular complexity index is 380. The minimum Gasteiger partial charge on any atom is -0.367 e. The normalized spacial score (nSPS) is 11.9. The molecule has 0 saturated heterocycles. The van der Waals surface area contributed by atoms with E-state index in [2.05, 4.69) is 21.2 Å². The summed E-state index contributed by atoms with van der Waals surface area (Å²) in [7, 11) is 0. The average molecular weight is 292 g/mol. The van der Waals surface area contributed by atoms with E-state index in [1.807, 2.05) is 0 Å². The van der Waals surface area contributed by atoms with Gasteiger partial charge in [0.05, 0.1) is 0 Å². The molecule has 4 nitrogen and oxygen atoms in total. The van der Waals surface area contributed by atoms with Crippen LogP contribution in [0, 0.1) is 0 Å². The fourth-order valence-corrected chi connectivity index (χ4v) is 1.20. The van der Waals surface area contributed by atoms with Crippen molar-refractivity contribution in [3.63, 3.8) is 0 Å². The molecule has 6 heteroatoms. The van der Waals surface area contributed by atoms with Crippen molar-refractivity contribution >= 4 is 39.3 Å². The highest BCUT2D eigenvalue weighted by Gasteiger charge is 2.14. The Kier molecular flexibility index (Phi) is 4.11. The Morgan fingerprint density at radius 2 is 1.87 bits per heavy atom. The minimum atomic E-state index is -0.874. The summed E-state index contributed by atoms with van der Waals surface area (Å²) in [6.45, 7) is 0. The maximum absolute atomic E-state index is 11.5. The van der Waals surface area contributed by atoms with Crippen molar-refractivity contribution < 1.29 is 9.59 Å². The van der Waals surface area contributed by atoms with Gasteiger partial charge < -0.3 is 11.1 Å². The molecule has 1 atom stereocenters. The second-order valence-electron chi connectivity index (χ2n) is 2.75. The summed E-state index contributed by atoms with van der Waals surface area (Å²) >= 11 is 8.58. The van der Waals surface area contributed by atoms with Crippen molar-refractivity contribution in [1.82, 2.24) is 5.32 Å². The molecule has 1 rings (SSSR count). The van der Waals surface area contributed by atoms with Crippen LogP contribution in [-0.4, -0.2) is 16.8 Å². The standard InChI is InChI=1S/C9H8BrClN2O2/c10-7(8(12)14)13-9(15)5-1-3-6(11)4-2-5/h1-4,7H,(H2,12,14)(H,13,15). The van der Waals surface area contributed by atoms with Crippen molar-refractivity contribution in [2.75, 3.05) is 0 Å². The first-order chi connectivity index (χ1) is 7.00. The number of hydrogen-bond acceptors (Lipinski definition) is 2. The topological polar surface area (TPSA) is 72.2 Å². The molecule has 0 saturated carbocycles. The minimum absolute atomic E-state index is 0.396. The van der Waals surface area contributed by atoms with Crippen LogP contribution in [0.3, 0.4) is 0 Å². The van der Waals surface area contributed by atoms with Crippen molar-refractivity contribution in [3.8, 4) is 0 Å². The van der Waals surface area contributed by atoms with Gasteiger partial charge in [-0.2, -0.15) is 0 Å². The summed E-state index contributed by atoms with van der Waals surface area (Å²) < 4.78 is 0. The monoisotopic (exact) mass is 290 g/mol. The molecule has 1 aromatic carbocycles. The quantitative estimate of drug-likeness (QED) is 0.650. The molecule has 3 N–H and O–H groups in total. The van der Waals surface area contributed by atoms with E-state index in [4.69, 9.17) is 17.3 Å². The molecule has 1 aromatic rings. The van der Waals surface area contributed by atoms with Gasteiger partial charge in [0.15, 0.2) is 4.95 Å². The third-order valence-electron chi connectivity index (χ3n) is 1.61. The first-order valence-electron chi connectivity index (χ1n) is 4.00. The lowest BCUT2D eigenvalue weighted by Gasteiger charge is -2.08. The molecule has 0 fully saturated rings. The number of benzene rings is 1. The van der Waals surface area contributed by atoms with Crippen molar-refractivity contribution in [2.24, 2.45) is 5.73 Å². The zero-order valence-electron chi connectivity index (χ0n) is 7.54. The lowest BCUT2D eigenvalue weighted by molar-refractivity contribution is -0.117. The van der Waals surface area contributed by atoms with Gasteiger partial charge in [0.1, 0.15) is 0 Å². The Morgan fingerprint density at radius 3 is 2.33 bits per heavy atom. The average Bonchev–Trinajstić information content (AvgIpc) is 2.18. The number of carbonyl (C=O) groups excluding carboxylic acids is 2. The van der Waals surface area contributed by atoms with Gasteiger partial charge in [-0.15, -0.1) is 0 Å². The van der Waals surface area contributed by atoms with E-state index < -0.39 is 16.8 Å². The van der Waals surface area contributed by atoms with Crippen LogP contribution in [0.1, 0.15) is 10.4 Å². The molecule has 15 heavy (non-hydrogen) atoms. The lowest BCUT2D eigenvalue weighted by Crippen LogP contribution is -2.40. The van der Waals surface area contributed by atoms with Gasteiger partial charge in [-0.1, -0.05) is 27.5 Å². The van der Waals surface area contributed by atoms with E-state index >= 15 is 0 Å². The molecule has 0 bridgehead atoms. The maximum Gasteiger partial charge on any atom is 0.252 e. The van der Waals surface area contributed by atoms with Gasteiger partial charge in [0, 0.05) is 10.6 Å². The molecule has 0 aliphatic heterocycles. The summed E-state index contributed by atoms with van der Waals surface area (Å²) in [6.07, 6.45) is 0. The molecule has 2 amide bonds. The fraction of sp³-hybridized carbons (Fsp3) is 0.111. The third-order valence-corrected chi connectivity index (χ3v) is 2.55. The third kappa shape index (κ3) is 3.53. The van der Waals surface area contributed by atoms with Crippen molar-refractivity contribution in [2.45, 2.75) is 4.95 Å². The summed E-state index contributed by atoms with van der Waals surface area (Å²) in [5, 5.41) is 2.91. The Morgan fingerprint density at radius 1 is 1.33 bits per heavy atom. The van der Waals surface area contributed by atoms with Crippen LogP contribution in [0.5, 0.6) is 0 Å². The SMILES string of the molecule is NC(=O)C(Br)NC(=O)c1ccc(Cl)cc1. The van der Waals surface area contributed by atoms with Gasteiger partial charge in [-0.3, -0.25) is 9.59 Å². The summed E-state index contributed by atoms with van der Waals surface area (Å²) in [5.74, 6) is -1.05. The summed E-state index contributed by atoms with van der Waals surface area (Å²) in [6, 6.07) is 6.28. The summed E-state index contributed by atoms with van der Waals surface area (Å²) in [4.78, 5) is 21.3. The van der Waals surface area contributed by atoms with E-state index in [1.165, 1.54) is 0 Å². The number of nitrogens with two attached hydrogens (primary N) is 1. The Hall–Kier alpha value is -1.07. The predicted octanol–water partition coefficient (Wildman–Crippen LogP) is 1.28. The van der Waals surface area contributed by atoms with Gasteiger partial charge in [-0.05, 0) is 24.3 Å². The van der Waals surface area contributed by atoms with E-state index in [-0.39, 0.29) is 0 Å². The van der Waals surface area contributed by atoms with Gasteiger partial charge >= 0.3 is 0 Å². The number of hydrogen-bond donors (Lipinski definition) is 2. The number of amides is 2. The molecule has 0 heterocycles. The first kappa shape index (κ1) is 12.0. The number of alkyl halides is 1. The predicted molar refractivity (Wildman–Crippen MR) is 60.8 cm³/mol. The van der Waals surface area contributed by atoms with Crippen LogP contribution in [0.2, 0.25) is 5.02 Å². The van der Waals surface area contributed by atoms with Crippen molar-refractivity contribution in [3.05, 3.63) is 34.9 Å². The largest absolute Gasteiger partial charge is 0.367 e. The number of carbonyl (C=O) groups is 2. The van der Waals surface area contributed by atoms with Crippen LogP contribution in [0.15, 0.2) is 24.3 Å². The highest BCUT2D eigenvalue weighted by Crippen LogP contribution is 2.09. The molecular formula is C9H8BrClN2O2. The molecule has 1 unspecified atom stereocenters. The Labute approximate surface area is 99.9 Å². The van der Waals surface area contributed by atoms with Gasteiger partial charge in [-0.25, -0.2) is 0 Å². The fourth-order valence-electron chi connectivity index (χ4n) is 0.871. The molecule has 0 aromatic heterocycles. The molecule has 0 aliphatic rings. The summed E-state index contributed by atoms with van der Waals surface area (Å²) in [5.41, 5.74) is 5.37. The lowest BCUT2D eigenvalue weighted by atomic mass is 10.2. The van der Waals surface area contributed by atoms with E-state index in [0.717, 1.165) is 0 Å². The molecular weight excluding hydrogens is 283 g/mol. The highest BCUT2D eigenvalue weighted by molar-refractivity contribution is 9.10. The van der Waals surface area contributed by atoms with Gasteiger partial charge in [0.25, 0.3) is 11.8 Å². The van der Waals surface area contributed by atoms with Crippen LogP contribution in [0.4, 0.5) is 0 Å². The van der Waals surface area contributed by atoms with Crippen LogP contribution in [0.25, 0.3) is 0 Å².